The van der Waals surface area contributed by atoms with Crippen LogP contribution in [0.15, 0.2) is 41.5 Å². The minimum Gasteiger partial charge on any atom is -0.488 e. The summed E-state index contributed by atoms with van der Waals surface area (Å²) in [6, 6.07) is 5.28. The van der Waals surface area contributed by atoms with Crippen molar-refractivity contribution in [2.24, 2.45) is 4.99 Å². The molecule has 2 aromatic rings. The quantitative estimate of drug-likeness (QED) is 0.764. The van der Waals surface area contributed by atoms with Crippen molar-refractivity contribution < 1.29 is 18.7 Å². The van der Waals surface area contributed by atoms with Gasteiger partial charge in [-0.1, -0.05) is 6.58 Å². The summed E-state index contributed by atoms with van der Waals surface area (Å²) in [6.45, 7) is 7.02. The molecule has 1 amide bonds. The number of allylic oxidation sites excluding steroid dienone is 1. The molecule has 4 rings (SSSR count). The second-order valence-electron chi connectivity index (χ2n) is 7.81. The zero-order chi connectivity index (χ0) is 22.1. The van der Waals surface area contributed by atoms with Crippen LogP contribution in [0.2, 0.25) is 0 Å². The Morgan fingerprint density at radius 1 is 1.32 bits per heavy atom. The number of pyridine rings is 1. The van der Waals surface area contributed by atoms with Crippen LogP contribution in [0.4, 0.5) is 15.9 Å². The summed E-state index contributed by atoms with van der Waals surface area (Å²) in [4.78, 5) is 36.1. The van der Waals surface area contributed by atoms with Gasteiger partial charge in [-0.25, -0.2) is 4.39 Å². The van der Waals surface area contributed by atoms with Gasteiger partial charge in [-0.3, -0.25) is 19.1 Å². The molecule has 2 aliphatic heterocycles. The number of likely N-dealkylation sites (tertiary alicyclic amines) is 1. The van der Waals surface area contributed by atoms with E-state index in [9.17, 15) is 14.0 Å². The summed E-state index contributed by atoms with van der Waals surface area (Å²) in [5.41, 5.74) is 2.08. The smallest absolute Gasteiger partial charge is 0.270 e. The average Bonchev–Trinajstić information content (AvgIpc) is 3.22. The Morgan fingerprint density at radius 3 is 2.84 bits per heavy atom. The monoisotopic (exact) mass is 427 g/mol. The number of amides is 1. The fourth-order valence-electron chi connectivity index (χ4n) is 3.94. The number of hydrogen-bond donors (Lipinski definition) is 1. The first kappa shape index (κ1) is 20.9. The van der Waals surface area contributed by atoms with Crippen LogP contribution in [0.5, 0.6) is 5.75 Å². The second-order valence-corrected chi connectivity index (χ2v) is 7.81. The number of nitrogens with one attached hydrogen (secondary N) is 1. The first-order valence-corrected chi connectivity index (χ1v) is 10.3. The average molecular weight is 427 g/mol. The van der Waals surface area contributed by atoms with Crippen LogP contribution in [-0.4, -0.2) is 65.7 Å². The highest BCUT2D eigenvalue weighted by Crippen LogP contribution is 2.36. The molecule has 1 N–H and O–H groups in total. The number of halogens is 1. The van der Waals surface area contributed by atoms with Gasteiger partial charge in [0.2, 0.25) is 0 Å². The molecule has 31 heavy (non-hydrogen) atoms. The van der Waals surface area contributed by atoms with Crippen molar-refractivity contribution in [3.63, 3.8) is 0 Å². The maximum Gasteiger partial charge on any atom is 0.270 e. The molecule has 8 nitrogen and oxygen atoms in total. The summed E-state index contributed by atoms with van der Waals surface area (Å²) >= 11 is 0. The highest BCUT2D eigenvalue weighted by atomic mass is 19.1. The van der Waals surface area contributed by atoms with Gasteiger partial charge in [0, 0.05) is 43.2 Å². The Kier molecular flexibility index (Phi) is 5.67. The van der Waals surface area contributed by atoms with Gasteiger partial charge in [0.15, 0.2) is 11.6 Å². The van der Waals surface area contributed by atoms with Gasteiger partial charge in [0.1, 0.15) is 24.0 Å². The first-order valence-electron chi connectivity index (χ1n) is 10.3. The molecule has 0 saturated carbocycles. The maximum absolute atomic E-state index is 13.8. The SMILES string of the molecule is C=C(C)C(=O)n1ccc(N2CCOc3cc(C(=O)N4CCC[C@@H](F)C4)[nH]c32)c/c1=N/C. The van der Waals surface area contributed by atoms with E-state index in [1.54, 1.807) is 37.2 Å². The van der Waals surface area contributed by atoms with Gasteiger partial charge in [0.05, 0.1) is 13.1 Å². The van der Waals surface area contributed by atoms with Crippen LogP contribution in [0.1, 0.15) is 35.0 Å². The molecular formula is C22H26FN5O3. The molecule has 0 spiro atoms. The van der Waals surface area contributed by atoms with E-state index >= 15 is 0 Å². The van der Waals surface area contributed by atoms with Crippen molar-refractivity contribution in [1.29, 1.82) is 0 Å². The molecule has 1 fully saturated rings. The standard InChI is InChI=1S/C22H26FN5O3/c1-14(2)21(29)28-8-6-16(11-19(28)24-3)27-9-10-31-18-12-17(25-20(18)27)22(30)26-7-4-5-15(23)13-26/h6,8,11-12,15,25H,1,4-5,7,9-10,13H2,2-3H3/b24-19-/t15-/m1/s1. The molecule has 4 heterocycles. The van der Waals surface area contributed by atoms with Crippen molar-refractivity contribution in [3.8, 4) is 5.75 Å². The van der Waals surface area contributed by atoms with E-state index in [4.69, 9.17) is 4.74 Å². The number of hydrogen-bond acceptors (Lipinski definition) is 5. The second kappa shape index (κ2) is 8.41. The third kappa shape index (κ3) is 3.99. The third-order valence-electron chi connectivity index (χ3n) is 5.53. The molecule has 0 radical (unpaired) electrons. The van der Waals surface area contributed by atoms with Gasteiger partial charge in [-0.05, 0) is 25.8 Å². The Hall–Kier alpha value is -3.36. The van der Waals surface area contributed by atoms with Crippen LogP contribution >= 0.6 is 0 Å². The molecule has 164 valence electrons. The molecule has 0 aromatic carbocycles. The summed E-state index contributed by atoms with van der Waals surface area (Å²) in [6.07, 6.45) is 1.83. The first-order chi connectivity index (χ1) is 14.9. The molecule has 2 aromatic heterocycles. The van der Waals surface area contributed by atoms with E-state index in [1.807, 2.05) is 11.0 Å². The predicted molar refractivity (Wildman–Crippen MR) is 115 cm³/mol. The van der Waals surface area contributed by atoms with Crippen molar-refractivity contribution in [2.75, 3.05) is 38.2 Å². The number of aromatic nitrogens is 2. The zero-order valence-corrected chi connectivity index (χ0v) is 17.7. The zero-order valence-electron chi connectivity index (χ0n) is 17.7. The van der Waals surface area contributed by atoms with Gasteiger partial charge >= 0.3 is 0 Å². The number of anilines is 2. The van der Waals surface area contributed by atoms with Crippen LogP contribution < -0.4 is 15.1 Å². The van der Waals surface area contributed by atoms with E-state index in [1.165, 1.54) is 4.57 Å². The van der Waals surface area contributed by atoms with E-state index in [0.29, 0.717) is 60.9 Å². The van der Waals surface area contributed by atoms with Crippen molar-refractivity contribution >= 4 is 23.3 Å². The van der Waals surface area contributed by atoms with Crippen LogP contribution in [0.3, 0.4) is 0 Å². The molecule has 0 unspecified atom stereocenters. The highest BCUT2D eigenvalue weighted by molar-refractivity contribution is 5.95. The Morgan fingerprint density at radius 2 is 2.13 bits per heavy atom. The molecule has 0 bridgehead atoms. The normalized spacial score (nSPS) is 19.1. The minimum absolute atomic E-state index is 0.115. The van der Waals surface area contributed by atoms with Crippen molar-refractivity contribution in [3.05, 3.63) is 47.7 Å². The number of carbonyl (C=O) groups excluding carboxylic acids is 2. The molecule has 1 saturated heterocycles. The Bertz CT molecular complexity index is 1100. The fourth-order valence-corrected chi connectivity index (χ4v) is 3.94. The van der Waals surface area contributed by atoms with Crippen LogP contribution in [-0.2, 0) is 0 Å². The van der Waals surface area contributed by atoms with Gasteiger partial charge in [-0.15, -0.1) is 0 Å². The predicted octanol–water partition coefficient (Wildman–Crippen LogP) is 2.67. The molecule has 0 aliphatic carbocycles. The largest absolute Gasteiger partial charge is 0.488 e. The number of carbonyl (C=O) groups is 2. The number of ether oxygens (including phenoxy) is 1. The lowest BCUT2D eigenvalue weighted by Gasteiger charge is -2.29. The van der Waals surface area contributed by atoms with Crippen molar-refractivity contribution in [2.45, 2.75) is 25.9 Å². The number of aromatic amines is 1. The number of alkyl halides is 1. The van der Waals surface area contributed by atoms with E-state index in [2.05, 4.69) is 16.6 Å². The van der Waals surface area contributed by atoms with Crippen LogP contribution in [0.25, 0.3) is 0 Å². The van der Waals surface area contributed by atoms with Crippen molar-refractivity contribution in [1.82, 2.24) is 14.5 Å². The molecular weight excluding hydrogens is 401 g/mol. The van der Waals surface area contributed by atoms with Gasteiger partial charge < -0.3 is 19.5 Å². The summed E-state index contributed by atoms with van der Waals surface area (Å²) in [7, 11) is 1.62. The summed E-state index contributed by atoms with van der Waals surface area (Å²) in [5.74, 6) is 0.750. The van der Waals surface area contributed by atoms with E-state index < -0.39 is 6.17 Å². The lowest BCUT2D eigenvalue weighted by Crippen LogP contribution is -2.40. The lowest BCUT2D eigenvalue weighted by atomic mass is 10.1. The Balaban J connectivity index is 1.65. The van der Waals surface area contributed by atoms with E-state index in [0.717, 1.165) is 5.69 Å². The number of piperidine rings is 1. The van der Waals surface area contributed by atoms with Gasteiger partial charge in [-0.2, -0.15) is 0 Å². The fraction of sp³-hybridized carbons (Fsp3) is 0.409. The maximum atomic E-state index is 13.8. The van der Waals surface area contributed by atoms with E-state index in [-0.39, 0.29) is 18.4 Å². The summed E-state index contributed by atoms with van der Waals surface area (Å²) in [5, 5.41) is 0. The minimum atomic E-state index is -0.982. The third-order valence-corrected chi connectivity index (χ3v) is 5.53. The Labute approximate surface area is 179 Å². The highest BCUT2D eigenvalue weighted by Gasteiger charge is 2.29. The number of nitrogens with zero attached hydrogens (tertiary/aromatic N) is 4. The van der Waals surface area contributed by atoms with Crippen LogP contribution in [0, 0.1) is 0 Å². The van der Waals surface area contributed by atoms with Gasteiger partial charge in [0.25, 0.3) is 11.8 Å². The number of fused-ring (bicyclic) bond motifs is 1. The number of rotatable bonds is 3. The topological polar surface area (TPSA) is 82.9 Å². The molecule has 9 heteroatoms. The lowest BCUT2D eigenvalue weighted by molar-refractivity contribution is 0.0631. The summed E-state index contributed by atoms with van der Waals surface area (Å²) < 4.78 is 21.0. The number of H-pyrrole nitrogens is 1. The molecule has 2 aliphatic rings. The molecule has 1 atom stereocenters.